The van der Waals surface area contributed by atoms with Gasteiger partial charge in [-0.05, 0) is 43.9 Å². The zero-order chi connectivity index (χ0) is 12.1. The van der Waals surface area contributed by atoms with Gasteiger partial charge in [0, 0.05) is 24.5 Å². The zero-order valence-electron chi connectivity index (χ0n) is 11.0. The van der Waals surface area contributed by atoms with E-state index in [0.717, 1.165) is 18.8 Å². The first-order valence-electron chi connectivity index (χ1n) is 6.21. The van der Waals surface area contributed by atoms with Gasteiger partial charge in [-0.15, -0.1) is 0 Å². The maximum Gasteiger partial charge on any atom is 0.0416 e. The molecule has 0 radical (unpaired) electrons. The molecule has 0 aliphatic heterocycles. The highest BCUT2D eigenvalue weighted by atomic mass is 15.1. The van der Waals surface area contributed by atoms with Crippen molar-refractivity contribution >= 4 is 11.4 Å². The molecule has 0 bridgehead atoms. The summed E-state index contributed by atoms with van der Waals surface area (Å²) < 4.78 is 0. The van der Waals surface area contributed by atoms with Crippen molar-refractivity contribution in [1.82, 2.24) is 0 Å². The lowest BCUT2D eigenvalue weighted by atomic mass is 10.1. The van der Waals surface area contributed by atoms with E-state index in [1.165, 1.54) is 29.7 Å². The first-order valence-corrected chi connectivity index (χ1v) is 6.21. The molecule has 16 heavy (non-hydrogen) atoms. The van der Waals surface area contributed by atoms with Gasteiger partial charge in [-0.1, -0.05) is 19.9 Å². The Morgan fingerprint density at radius 1 is 1.00 bits per heavy atom. The summed E-state index contributed by atoms with van der Waals surface area (Å²) in [5, 5.41) is 0. The van der Waals surface area contributed by atoms with E-state index in [2.05, 4.69) is 44.7 Å². The molecule has 0 amide bonds. The van der Waals surface area contributed by atoms with Crippen LogP contribution in [-0.4, -0.2) is 13.1 Å². The minimum Gasteiger partial charge on any atom is -0.398 e. The highest BCUT2D eigenvalue weighted by Crippen LogP contribution is 2.26. The van der Waals surface area contributed by atoms with Crippen LogP contribution in [0.4, 0.5) is 11.4 Å². The zero-order valence-corrected chi connectivity index (χ0v) is 11.0. The summed E-state index contributed by atoms with van der Waals surface area (Å²) >= 11 is 0. The number of nitrogens with two attached hydrogens (primary N) is 1. The molecule has 1 aromatic rings. The second-order valence-corrected chi connectivity index (χ2v) is 4.48. The normalized spacial score (nSPS) is 10.5. The van der Waals surface area contributed by atoms with E-state index < -0.39 is 0 Å². The van der Waals surface area contributed by atoms with E-state index in [0.29, 0.717) is 0 Å². The van der Waals surface area contributed by atoms with E-state index in [4.69, 9.17) is 5.73 Å². The van der Waals surface area contributed by atoms with Crippen molar-refractivity contribution in [2.75, 3.05) is 23.7 Å². The summed E-state index contributed by atoms with van der Waals surface area (Å²) in [7, 11) is 0. The Bertz CT molecular complexity index is 339. The molecule has 1 rings (SSSR count). The topological polar surface area (TPSA) is 29.3 Å². The van der Waals surface area contributed by atoms with E-state index in [1.54, 1.807) is 0 Å². The quantitative estimate of drug-likeness (QED) is 0.769. The molecule has 2 nitrogen and oxygen atoms in total. The van der Waals surface area contributed by atoms with Crippen molar-refractivity contribution in [2.24, 2.45) is 0 Å². The number of nitrogens with zero attached hydrogens (tertiary/aromatic N) is 1. The van der Waals surface area contributed by atoms with Gasteiger partial charge in [0.2, 0.25) is 0 Å². The van der Waals surface area contributed by atoms with Crippen molar-refractivity contribution < 1.29 is 0 Å². The number of hydrogen-bond donors (Lipinski definition) is 1. The number of nitrogen functional groups attached to an aromatic ring is 1. The number of aryl methyl sites for hydroxylation is 2. The largest absolute Gasteiger partial charge is 0.398 e. The van der Waals surface area contributed by atoms with Gasteiger partial charge >= 0.3 is 0 Å². The average Bonchev–Trinajstić information content (AvgIpc) is 2.23. The van der Waals surface area contributed by atoms with Crippen LogP contribution < -0.4 is 10.6 Å². The van der Waals surface area contributed by atoms with Gasteiger partial charge in [0.1, 0.15) is 0 Å². The fraction of sp³-hybridized carbons (Fsp3) is 0.571. The first-order chi connectivity index (χ1) is 7.60. The van der Waals surface area contributed by atoms with Crippen molar-refractivity contribution in [2.45, 2.75) is 40.5 Å². The minimum atomic E-state index is 0.901. The minimum absolute atomic E-state index is 0.901. The molecule has 0 spiro atoms. The summed E-state index contributed by atoms with van der Waals surface area (Å²) in [5.41, 5.74) is 10.7. The summed E-state index contributed by atoms with van der Waals surface area (Å²) in [5.74, 6) is 0. The summed E-state index contributed by atoms with van der Waals surface area (Å²) in [4.78, 5) is 2.44. The van der Waals surface area contributed by atoms with Crippen molar-refractivity contribution in [3.05, 3.63) is 23.3 Å². The van der Waals surface area contributed by atoms with Gasteiger partial charge in [-0.3, -0.25) is 0 Å². The third-order valence-electron chi connectivity index (χ3n) is 2.91. The lowest BCUT2D eigenvalue weighted by Crippen LogP contribution is -2.25. The Labute approximate surface area is 99.5 Å². The molecule has 0 atom stereocenters. The summed E-state index contributed by atoms with van der Waals surface area (Å²) in [6.45, 7) is 10.9. The summed E-state index contributed by atoms with van der Waals surface area (Å²) in [6.07, 6.45) is 2.35. The number of hydrogen-bond acceptors (Lipinski definition) is 2. The molecule has 0 fully saturated rings. The van der Waals surface area contributed by atoms with Crippen LogP contribution in [0.25, 0.3) is 0 Å². The Morgan fingerprint density at radius 2 is 1.56 bits per heavy atom. The Kier molecular flexibility index (Phi) is 4.66. The molecule has 0 saturated heterocycles. The second kappa shape index (κ2) is 5.78. The number of benzene rings is 1. The van der Waals surface area contributed by atoms with Gasteiger partial charge < -0.3 is 10.6 Å². The van der Waals surface area contributed by atoms with E-state index >= 15 is 0 Å². The summed E-state index contributed by atoms with van der Waals surface area (Å²) in [6, 6.07) is 4.30. The van der Waals surface area contributed by atoms with E-state index in [-0.39, 0.29) is 0 Å². The third kappa shape index (κ3) is 2.91. The van der Waals surface area contributed by atoms with Crippen molar-refractivity contribution in [1.29, 1.82) is 0 Å². The predicted molar refractivity (Wildman–Crippen MR) is 73.1 cm³/mol. The molecule has 90 valence electrons. The fourth-order valence-corrected chi connectivity index (χ4v) is 2.09. The van der Waals surface area contributed by atoms with Gasteiger partial charge in [0.25, 0.3) is 0 Å². The highest BCUT2D eigenvalue weighted by Gasteiger charge is 2.09. The Hall–Kier alpha value is -1.18. The average molecular weight is 220 g/mol. The van der Waals surface area contributed by atoms with Crippen LogP contribution in [-0.2, 0) is 0 Å². The van der Waals surface area contributed by atoms with Gasteiger partial charge in [-0.25, -0.2) is 0 Å². The lowest BCUT2D eigenvalue weighted by Gasteiger charge is -2.26. The molecule has 0 aliphatic rings. The molecular weight excluding hydrogens is 196 g/mol. The SMILES string of the molecule is CCCN(CCC)c1cc(N)c(C)cc1C. The number of rotatable bonds is 5. The first kappa shape index (κ1) is 12.9. The van der Waals surface area contributed by atoms with Crippen molar-refractivity contribution in [3.8, 4) is 0 Å². The van der Waals surface area contributed by atoms with Gasteiger partial charge in [0.15, 0.2) is 0 Å². The molecule has 0 aliphatic carbocycles. The molecule has 0 aromatic heterocycles. The van der Waals surface area contributed by atoms with Crippen LogP contribution in [0.3, 0.4) is 0 Å². The van der Waals surface area contributed by atoms with Crippen LogP contribution in [0.1, 0.15) is 37.8 Å². The van der Waals surface area contributed by atoms with E-state index in [9.17, 15) is 0 Å². The van der Waals surface area contributed by atoms with Crippen molar-refractivity contribution in [3.63, 3.8) is 0 Å². The standard InChI is InChI=1S/C14H24N2/c1-5-7-16(8-6-2)14-10-13(15)11(3)9-12(14)4/h9-10H,5-8,15H2,1-4H3. The molecule has 2 heteroatoms. The fourth-order valence-electron chi connectivity index (χ4n) is 2.09. The van der Waals surface area contributed by atoms with Crippen LogP contribution in [0.5, 0.6) is 0 Å². The van der Waals surface area contributed by atoms with Crippen LogP contribution in [0.2, 0.25) is 0 Å². The molecule has 0 heterocycles. The van der Waals surface area contributed by atoms with Gasteiger partial charge in [0.05, 0.1) is 0 Å². The predicted octanol–water partition coefficient (Wildman–Crippen LogP) is 3.51. The van der Waals surface area contributed by atoms with Gasteiger partial charge in [-0.2, -0.15) is 0 Å². The maximum absolute atomic E-state index is 5.99. The second-order valence-electron chi connectivity index (χ2n) is 4.48. The number of anilines is 2. The monoisotopic (exact) mass is 220 g/mol. The Balaban J connectivity index is 3.03. The van der Waals surface area contributed by atoms with E-state index in [1.807, 2.05) is 0 Å². The van der Waals surface area contributed by atoms with Crippen LogP contribution >= 0.6 is 0 Å². The Morgan fingerprint density at radius 3 is 2.06 bits per heavy atom. The molecule has 0 unspecified atom stereocenters. The molecule has 2 N–H and O–H groups in total. The molecule has 0 saturated carbocycles. The van der Waals surface area contributed by atoms with Crippen LogP contribution in [0.15, 0.2) is 12.1 Å². The lowest BCUT2D eigenvalue weighted by molar-refractivity contribution is 0.743. The highest BCUT2D eigenvalue weighted by molar-refractivity contribution is 5.64. The smallest absolute Gasteiger partial charge is 0.0416 e. The third-order valence-corrected chi connectivity index (χ3v) is 2.91. The molecular formula is C14H24N2. The van der Waals surface area contributed by atoms with Crippen LogP contribution in [0, 0.1) is 13.8 Å². The maximum atomic E-state index is 5.99. The molecule has 1 aromatic carbocycles.